The van der Waals surface area contributed by atoms with Crippen molar-refractivity contribution in [1.82, 2.24) is 35.1 Å². The lowest BCUT2D eigenvalue weighted by Crippen LogP contribution is -2.57. The molecule has 90 heavy (non-hydrogen) atoms. The molecule has 4 atom stereocenters. The molecule has 19 nitrogen and oxygen atoms in total. The van der Waals surface area contributed by atoms with Gasteiger partial charge in [-0.25, -0.2) is 23.2 Å². The van der Waals surface area contributed by atoms with Crippen LogP contribution in [0, 0.1) is 41.2 Å². The summed E-state index contributed by atoms with van der Waals surface area (Å²) in [4.78, 5) is 93.3. The first kappa shape index (κ1) is 75.6. The van der Waals surface area contributed by atoms with Gasteiger partial charge in [0.2, 0.25) is 11.8 Å². The number of hydrogen-bond acceptors (Lipinski definition) is 12. The van der Waals surface area contributed by atoms with Crippen LogP contribution in [-0.4, -0.2) is 168 Å². The fourth-order valence-corrected chi connectivity index (χ4v) is 11.4. The topological polar surface area (TPSA) is 211 Å². The molecule has 21 heteroatoms. The lowest BCUT2D eigenvalue weighted by Gasteiger charge is -2.41. The summed E-state index contributed by atoms with van der Waals surface area (Å²) >= 11 is 0. The number of amides is 7. The van der Waals surface area contributed by atoms with Gasteiger partial charge in [-0.2, -0.15) is 0 Å². The number of likely N-dealkylation sites (tertiary alicyclic amines) is 1. The number of carbonyl (C=O) groups is 7. The minimum Gasteiger partial charge on any atom is -0.445 e. The smallest absolute Gasteiger partial charge is 0.410 e. The van der Waals surface area contributed by atoms with Gasteiger partial charge in [-0.3, -0.25) is 19.2 Å². The maximum atomic E-state index is 13.7. The molecule has 0 unspecified atom stereocenters. The van der Waals surface area contributed by atoms with E-state index in [4.69, 9.17) is 14.2 Å². The molecule has 0 bridgehead atoms. The van der Waals surface area contributed by atoms with E-state index in [0.717, 1.165) is 76.8 Å². The molecule has 502 valence electrons. The number of ether oxygens (including phenoxy) is 3. The predicted octanol–water partition coefficient (Wildman–Crippen LogP) is 12.5. The molecule has 3 aromatic carbocycles. The molecule has 4 aliphatic rings. The number of anilines is 2. The minimum atomic E-state index is -0.534. The maximum absolute atomic E-state index is 13.7. The average Bonchev–Trinajstić information content (AvgIpc) is 1.10. The molecule has 7 amide bonds. The van der Waals surface area contributed by atoms with Gasteiger partial charge in [-0.05, 0) is 152 Å². The standard InChI is InChI=1S/C21H32N2O4.C18H25FN2O2.C17H24FN3O2.C13H26N2O2/c1-16(2)13-18-14-22(19(24)27-21(3,4)5)11-12-23(18)20(25)26-15-17-9-7-6-8-10-17;1-12(2)7-14-5-4-6-21(11-14)18(23)15-8-16(19)10-17(9-15)20-13(3)22;1-11(2)6-16-10-21(5-4-19-16)17(23)13-7-14(18)9-15(8-13)20-12(3)22;1-10(2)8-11-9-15(7-6-14-11)12(16)17-13(3,4)5/h6-10,16,18H,11-15H2,1-5H3;8-10,12,14H,4-7,11H2,1-3H3,(H,20,22);7-9,11,16,19H,4-6,10H2,1-3H3,(H,20,22);10-11,14H,6-9H2,1-5H3/t18-;14-;16-;11-/m0000/s1. The van der Waals surface area contributed by atoms with Crippen LogP contribution in [0.4, 0.5) is 34.5 Å². The van der Waals surface area contributed by atoms with E-state index in [9.17, 15) is 42.3 Å². The molecule has 0 radical (unpaired) electrons. The van der Waals surface area contributed by atoms with Gasteiger partial charge in [0.1, 0.15) is 29.4 Å². The number of piperazine rings is 3. The van der Waals surface area contributed by atoms with E-state index >= 15 is 0 Å². The van der Waals surface area contributed by atoms with Crippen LogP contribution in [0.3, 0.4) is 0 Å². The quantitative estimate of drug-likeness (QED) is 0.111. The van der Waals surface area contributed by atoms with Gasteiger partial charge in [0, 0.05) is 120 Å². The molecular formula is C69H107F2N9O10. The summed E-state index contributed by atoms with van der Waals surface area (Å²) in [6, 6.07) is 18.2. The third kappa shape index (κ3) is 28.5. The highest BCUT2D eigenvalue weighted by molar-refractivity contribution is 5.98. The number of nitrogens with one attached hydrogen (secondary N) is 4. The molecule has 0 aromatic heterocycles. The Morgan fingerprint density at radius 3 is 1.43 bits per heavy atom. The average molecular weight is 1260 g/mol. The van der Waals surface area contributed by atoms with E-state index in [1.807, 2.05) is 81.7 Å². The van der Waals surface area contributed by atoms with Gasteiger partial charge in [-0.15, -0.1) is 0 Å². The zero-order chi connectivity index (χ0) is 67.0. The van der Waals surface area contributed by atoms with Crippen molar-refractivity contribution in [2.75, 3.05) is 82.6 Å². The summed E-state index contributed by atoms with van der Waals surface area (Å²) in [6.45, 7) is 38.6. The van der Waals surface area contributed by atoms with Crippen LogP contribution in [-0.2, 0) is 30.4 Å². The van der Waals surface area contributed by atoms with Crippen molar-refractivity contribution in [1.29, 1.82) is 0 Å². The second-order valence-corrected chi connectivity index (χ2v) is 27.9. The molecule has 3 aromatic rings. The maximum Gasteiger partial charge on any atom is 0.410 e. The van der Waals surface area contributed by atoms with Gasteiger partial charge in [0.15, 0.2) is 0 Å². The number of rotatable bonds is 14. The number of halogens is 2. The van der Waals surface area contributed by atoms with Crippen LogP contribution in [0.25, 0.3) is 0 Å². The van der Waals surface area contributed by atoms with E-state index in [2.05, 4.69) is 76.7 Å². The van der Waals surface area contributed by atoms with Crippen molar-refractivity contribution in [2.45, 2.75) is 185 Å². The Morgan fingerprint density at radius 2 is 0.978 bits per heavy atom. The molecule has 0 saturated carbocycles. The van der Waals surface area contributed by atoms with E-state index in [-0.39, 0.29) is 66.2 Å². The summed E-state index contributed by atoms with van der Waals surface area (Å²) in [7, 11) is 0. The summed E-state index contributed by atoms with van der Waals surface area (Å²) in [5.41, 5.74) is 1.19. The van der Waals surface area contributed by atoms with Crippen LogP contribution in [0.1, 0.15) is 176 Å². The first-order valence-electron chi connectivity index (χ1n) is 32.3. The van der Waals surface area contributed by atoms with Crippen molar-refractivity contribution in [2.24, 2.45) is 29.6 Å². The zero-order valence-electron chi connectivity index (χ0n) is 56.8. The van der Waals surface area contributed by atoms with Gasteiger partial charge in [0.25, 0.3) is 11.8 Å². The Balaban J connectivity index is 0.000000259. The summed E-state index contributed by atoms with van der Waals surface area (Å²) in [5, 5.41) is 11.9. The molecule has 4 saturated heterocycles. The van der Waals surface area contributed by atoms with Crippen molar-refractivity contribution >= 4 is 53.3 Å². The first-order valence-corrected chi connectivity index (χ1v) is 32.3. The Hall–Kier alpha value is -6.87. The summed E-state index contributed by atoms with van der Waals surface area (Å²) in [5.74, 6) is 0.704. The molecule has 0 spiro atoms. The SMILES string of the molecule is CC(=O)Nc1cc(F)cc(C(=O)N2CCC[C@@H](CC(C)C)C2)c1.CC(=O)Nc1cc(F)cc(C(=O)N2CCN[C@@H](CC(C)C)C2)c1.CC(C)C[C@H]1CN(C(=O)OC(C)(C)C)CCN1.CC(C)C[C@H]1CN(C(=O)OC(C)(C)C)CCN1C(=O)OCc1ccccc1. The first-order chi connectivity index (χ1) is 42.1. The van der Waals surface area contributed by atoms with Crippen molar-refractivity contribution in [3.8, 4) is 0 Å². The number of nitrogens with zero attached hydrogens (tertiary/aromatic N) is 5. The lowest BCUT2D eigenvalue weighted by molar-refractivity contribution is -0.115. The van der Waals surface area contributed by atoms with Gasteiger partial charge in [0.05, 0.1) is 6.04 Å². The van der Waals surface area contributed by atoms with Crippen LogP contribution in [0.5, 0.6) is 0 Å². The van der Waals surface area contributed by atoms with Crippen LogP contribution < -0.4 is 21.3 Å². The second kappa shape index (κ2) is 36.2. The Bertz CT molecular complexity index is 2690. The van der Waals surface area contributed by atoms with Gasteiger partial charge >= 0.3 is 18.3 Å². The van der Waals surface area contributed by atoms with Crippen molar-refractivity contribution in [3.63, 3.8) is 0 Å². The Morgan fingerprint density at radius 1 is 0.533 bits per heavy atom. The third-order valence-electron chi connectivity index (χ3n) is 14.8. The molecule has 0 aliphatic carbocycles. The highest BCUT2D eigenvalue weighted by Gasteiger charge is 2.36. The van der Waals surface area contributed by atoms with Crippen molar-refractivity contribution in [3.05, 3.63) is 95.1 Å². The summed E-state index contributed by atoms with van der Waals surface area (Å²) in [6.07, 6.45) is 5.28. The van der Waals surface area contributed by atoms with Crippen LogP contribution in [0.2, 0.25) is 0 Å². The normalized spacial score (nSPS) is 18.7. The van der Waals surface area contributed by atoms with Crippen LogP contribution >= 0.6 is 0 Å². The lowest BCUT2D eigenvalue weighted by atomic mass is 9.89. The highest BCUT2D eigenvalue weighted by atomic mass is 19.1. The van der Waals surface area contributed by atoms with E-state index in [1.165, 1.54) is 44.2 Å². The number of carbonyl (C=O) groups excluding carboxylic acids is 7. The fraction of sp³-hybridized carbons (Fsp3) is 0.638. The third-order valence-corrected chi connectivity index (χ3v) is 14.8. The van der Waals surface area contributed by atoms with E-state index < -0.39 is 22.8 Å². The van der Waals surface area contributed by atoms with E-state index in [0.29, 0.717) is 91.8 Å². The Kier molecular flexibility index (Phi) is 30.4. The molecule has 4 aliphatic heterocycles. The minimum absolute atomic E-state index is 0.0745. The van der Waals surface area contributed by atoms with E-state index in [1.54, 1.807) is 20.8 Å². The monoisotopic (exact) mass is 1260 g/mol. The molecule has 4 N–H and O–H groups in total. The molecular weight excluding hydrogens is 1150 g/mol. The molecule has 7 rings (SSSR count). The fourth-order valence-electron chi connectivity index (χ4n) is 11.4. The molecule has 4 heterocycles. The van der Waals surface area contributed by atoms with Crippen LogP contribution in [0.15, 0.2) is 66.7 Å². The van der Waals surface area contributed by atoms with Gasteiger partial charge < -0.3 is 60.0 Å². The second-order valence-electron chi connectivity index (χ2n) is 27.9. The number of benzene rings is 3. The number of hydrogen-bond donors (Lipinski definition) is 4. The molecule has 4 fully saturated rings. The highest BCUT2D eigenvalue weighted by Crippen LogP contribution is 2.27. The number of piperidine rings is 1. The largest absolute Gasteiger partial charge is 0.445 e. The predicted molar refractivity (Wildman–Crippen MR) is 350 cm³/mol. The summed E-state index contributed by atoms with van der Waals surface area (Å²) < 4.78 is 43.8. The zero-order valence-corrected chi connectivity index (χ0v) is 56.8. The van der Waals surface area contributed by atoms with Gasteiger partial charge in [-0.1, -0.05) is 85.7 Å². The Labute approximate surface area is 535 Å². The van der Waals surface area contributed by atoms with Crippen molar-refractivity contribution < 1.29 is 56.6 Å².